The van der Waals surface area contributed by atoms with Gasteiger partial charge in [0.05, 0.1) is 11.5 Å². The van der Waals surface area contributed by atoms with Crippen LogP contribution in [0.4, 0.5) is 5.82 Å². The van der Waals surface area contributed by atoms with Crippen molar-refractivity contribution in [3.8, 4) is 0 Å². The second kappa shape index (κ2) is 5.20. The zero-order valence-corrected chi connectivity index (χ0v) is 11.3. The van der Waals surface area contributed by atoms with E-state index >= 15 is 0 Å². The third-order valence-corrected chi connectivity index (χ3v) is 4.17. The van der Waals surface area contributed by atoms with E-state index in [2.05, 4.69) is 15.3 Å². The Bertz CT molecular complexity index is 534. The lowest BCUT2D eigenvalue weighted by atomic mass is 10.3. The van der Waals surface area contributed by atoms with Gasteiger partial charge in [0.25, 0.3) is 0 Å². The summed E-state index contributed by atoms with van der Waals surface area (Å²) in [5.41, 5.74) is 0. The Balaban J connectivity index is 1.78. The van der Waals surface area contributed by atoms with Crippen molar-refractivity contribution in [1.82, 2.24) is 9.97 Å². The third-order valence-electron chi connectivity index (χ3n) is 3.36. The van der Waals surface area contributed by atoms with E-state index in [1.54, 1.807) is 11.3 Å². The number of rotatable bonds is 4. The molecule has 1 aliphatic rings. The maximum absolute atomic E-state index is 5.87. The van der Waals surface area contributed by atoms with E-state index in [4.69, 9.17) is 4.74 Å². The zero-order chi connectivity index (χ0) is 12.4. The van der Waals surface area contributed by atoms with Gasteiger partial charge in [-0.2, -0.15) is 0 Å². The molecule has 0 aliphatic heterocycles. The lowest BCUT2D eigenvalue weighted by Crippen LogP contribution is -2.10. The molecular weight excluding hydrogens is 246 g/mol. The highest BCUT2D eigenvalue weighted by Crippen LogP contribution is 2.26. The largest absolute Gasteiger partial charge is 0.372 e. The van der Waals surface area contributed by atoms with Gasteiger partial charge in [0.15, 0.2) is 5.82 Å². The quantitative estimate of drug-likeness (QED) is 0.920. The van der Waals surface area contributed by atoms with Crippen LogP contribution in [0.25, 0.3) is 10.2 Å². The minimum atomic E-state index is 0.408. The van der Waals surface area contributed by atoms with Crippen LogP contribution in [0.5, 0.6) is 0 Å². The van der Waals surface area contributed by atoms with E-state index in [0.29, 0.717) is 12.7 Å². The number of ether oxygens (including phenoxy) is 1. The van der Waals surface area contributed by atoms with Crippen LogP contribution in [0.3, 0.4) is 0 Å². The number of hydrogen-bond donors (Lipinski definition) is 1. The van der Waals surface area contributed by atoms with Crippen LogP contribution in [0.1, 0.15) is 31.5 Å². The van der Waals surface area contributed by atoms with E-state index < -0.39 is 0 Å². The predicted molar refractivity (Wildman–Crippen MR) is 74.0 cm³/mol. The maximum Gasteiger partial charge on any atom is 0.158 e. The fourth-order valence-electron chi connectivity index (χ4n) is 2.40. The summed E-state index contributed by atoms with van der Waals surface area (Å²) in [6.45, 7) is 0.521. The van der Waals surface area contributed by atoms with Crippen LogP contribution in [0.15, 0.2) is 11.4 Å². The van der Waals surface area contributed by atoms with Crippen molar-refractivity contribution in [2.75, 3.05) is 12.4 Å². The highest BCUT2D eigenvalue weighted by Gasteiger charge is 2.16. The van der Waals surface area contributed by atoms with E-state index in [-0.39, 0.29) is 0 Å². The fraction of sp³-hybridized carbons (Fsp3) is 0.538. The predicted octanol–water partition coefficient (Wildman–Crippen LogP) is 3.19. The molecule has 18 heavy (non-hydrogen) atoms. The van der Waals surface area contributed by atoms with Crippen molar-refractivity contribution in [2.24, 2.45) is 0 Å². The van der Waals surface area contributed by atoms with Crippen LogP contribution in [-0.2, 0) is 11.3 Å². The molecular formula is C13H17N3OS. The van der Waals surface area contributed by atoms with Crippen LogP contribution in [0.2, 0.25) is 0 Å². The molecule has 0 radical (unpaired) electrons. The van der Waals surface area contributed by atoms with Gasteiger partial charge >= 0.3 is 0 Å². The molecule has 2 aromatic rings. The van der Waals surface area contributed by atoms with Crippen LogP contribution >= 0.6 is 11.3 Å². The van der Waals surface area contributed by atoms with Gasteiger partial charge in [-0.1, -0.05) is 12.8 Å². The molecule has 96 valence electrons. The van der Waals surface area contributed by atoms with Crippen LogP contribution in [0, 0.1) is 0 Å². The third kappa shape index (κ3) is 2.33. The topological polar surface area (TPSA) is 47.0 Å². The van der Waals surface area contributed by atoms with Gasteiger partial charge in [0.1, 0.15) is 17.3 Å². The standard InChI is InChI=1S/C13H17N3OS/c1-14-12-10-6-7-18-13(10)16-11(15-12)8-17-9-4-2-3-5-9/h6-7,9H,2-5,8H2,1H3,(H,14,15,16). The SMILES string of the molecule is CNc1nc(COC2CCCC2)nc2sccc12. The molecule has 4 nitrogen and oxygen atoms in total. The van der Waals surface area contributed by atoms with Gasteiger partial charge in [0, 0.05) is 7.05 Å². The second-order valence-corrected chi connectivity index (χ2v) is 5.49. The van der Waals surface area contributed by atoms with Crippen molar-refractivity contribution in [1.29, 1.82) is 0 Å². The minimum Gasteiger partial charge on any atom is -0.372 e. The number of hydrogen-bond acceptors (Lipinski definition) is 5. The number of thiophene rings is 1. The molecule has 0 aromatic carbocycles. The summed E-state index contributed by atoms with van der Waals surface area (Å²) in [5, 5.41) is 6.26. The molecule has 2 heterocycles. The lowest BCUT2D eigenvalue weighted by Gasteiger charge is -2.11. The number of aromatic nitrogens is 2. The van der Waals surface area contributed by atoms with Crippen LogP contribution in [-0.4, -0.2) is 23.1 Å². The maximum atomic E-state index is 5.87. The highest BCUT2D eigenvalue weighted by atomic mass is 32.1. The molecule has 5 heteroatoms. The van der Waals surface area contributed by atoms with Gasteiger partial charge in [-0.05, 0) is 24.3 Å². The summed E-state index contributed by atoms with van der Waals surface area (Å²) in [7, 11) is 1.89. The average Bonchev–Trinajstić information content (AvgIpc) is 3.06. The molecule has 1 saturated carbocycles. The fourth-order valence-corrected chi connectivity index (χ4v) is 3.18. The number of anilines is 1. The Hall–Kier alpha value is -1.20. The first kappa shape index (κ1) is 11.9. The van der Waals surface area contributed by atoms with E-state index in [9.17, 15) is 0 Å². The summed E-state index contributed by atoms with van der Waals surface area (Å²) in [4.78, 5) is 10.1. The molecule has 0 bridgehead atoms. The van der Waals surface area contributed by atoms with Crippen molar-refractivity contribution in [3.63, 3.8) is 0 Å². The first-order chi connectivity index (χ1) is 8.86. The molecule has 0 atom stereocenters. The average molecular weight is 263 g/mol. The molecule has 3 rings (SSSR count). The van der Waals surface area contributed by atoms with Gasteiger partial charge in [0.2, 0.25) is 0 Å². The second-order valence-electron chi connectivity index (χ2n) is 4.60. The van der Waals surface area contributed by atoms with Gasteiger partial charge in [-0.15, -0.1) is 11.3 Å². The van der Waals surface area contributed by atoms with Gasteiger partial charge in [-0.25, -0.2) is 9.97 Å². The zero-order valence-electron chi connectivity index (χ0n) is 10.5. The lowest BCUT2D eigenvalue weighted by molar-refractivity contribution is 0.0419. The Labute approximate surface area is 110 Å². The highest BCUT2D eigenvalue weighted by molar-refractivity contribution is 7.16. The van der Waals surface area contributed by atoms with E-state index in [1.807, 2.05) is 18.5 Å². The van der Waals surface area contributed by atoms with Crippen molar-refractivity contribution >= 4 is 27.4 Å². The Kier molecular flexibility index (Phi) is 3.43. The summed E-state index contributed by atoms with van der Waals surface area (Å²) < 4.78 is 5.87. The summed E-state index contributed by atoms with van der Waals surface area (Å²) in [6, 6.07) is 2.05. The van der Waals surface area contributed by atoms with Crippen molar-refractivity contribution in [3.05, 3.63) is 17.3 Å². The molecule has 1 N–H and O–H groups in total. The summed E-state index contributed by atoms with van der Waals surface area (Å²) in [6.07, 6.45) is 5.35. The molecule has 1 aliphatic carbocycles. The minimum absolute atomic E-state index is 0.408. The smallest absolute Gasteiger partial charge is 0.158 e. The Morgan fingerprint density at radius 3 is 3.00 bits per heavy atom. The van der Waals surface area contributed by atoms with E-state index in [0.717, 1.165) is 21.9 Å². The van der Waals surface area contributed by atoms with Crippen molar-refractivity contribution < 1.29 is 4.74 Å². The summed E-state index contributed by atoms with van der Waals surface area (Å²) >= 11 is 1.64. The van der Waals surface area contributed by atoms with Crippen molar-refractivity contribution in [2.45, 2.75) is 38.4 Å². The molecule has 0 saturated heterocycles. The number of fused-ring (bicyclic) bond motifs is 1. The summed E-state index contributed by atoms with van der Waals surface area (Å²) in [5.74, 6) is 1.67. The molecule has 0 unspecified atom stereocenters. The molecule has 0 spiro atoms. The molecule has 1 fully saturated rings. The Morgan fingerprint density at radius 2 is 2.22 bits per heavy atom. The van der Waals surface area contributed by atoms with Gasteiger partial charge in [-0.3, -0.25) is 0 Å². The monoisotopic (exact) mass is 263 g/mol. The van der Waals surface area contributed by atoms with Gasteiger partial charge < -0.3 is 10.1 Å². The Morgan fingerprint density at radius 1 is 1.39 bits per heavy atom. The normalized spacial score (nSPS) is 16.5. The number of nitrogens with zero attached hydrogens (tertiary/aromatic N) is 2. The first-order valence-electron chi connectivity index (χ1n) is 6.40. The molecule has 0 amide bonds. The van der Waals surface area contributed by atoms with Crippen LogP contribution < -0.4 is 5.32 Å². The van der Waals surface area contributed by atoms with E-state index in [1.165, 1.54) is 25.7 Å². The first-order valence-corrected chi connectivity index (χ1v) is 7.28. The molecule has 2 aromatic heterocycles. The number of nitrogens with one attached hydrogen (secondary N) is 1.